The molecule has 1 fully saturated rings. The number of nitrogens with one attached hydrogen (secondary N) is 1. The van der Waals surface area contributed by atoms with Crippen molar-refractivity contribution in [1.82, 2.24) is 0 Å². The molecule has 0 spiro atoms. The number of carbonyl (C=O) groups excluding carboxylic acids is 2. The Morgan fingerprint density at radius 2 is 1.90 bits per heavy atom. The number of hydrogen-bond donors (Lipinski definition) is 2. The number of rotatable bonds is 5. The highest BCUT2D eigenvalue weighted by Gasteiger charge is 2.20. The summed E-state index contributed by atoms with van der Waals surface area (Å²) in [4.78, 5) is 24.6. The van der Waals surface area contributed by atoms with Crippen molar-refractivity contribution < 1.29 is 9.59 Å². The molecule has 5 heteroatoms. The summed E-state index contributed by atoms with van der Waals surface area (Å²) in [6, 6.07) is 0. The van der Waals surface area contributed by atoms with Crippen LogP contribution in [0.15, 0.2) is 0 Å². The quantitative estimate of drug-likeness (QED) is 0.869. The minimum absolute atomic E-state index is 0.00989. The largest absolute Gasteiger partial charge is 0.365 e. The summed E-state index contributed by atoms with van der Waals surface area (Å²) in [6.45, 7) is 3.80. The van der Waals surface area contributed by atoms with Gasteiger partial charge in [-0.1, -0.05) is 32.1 Å². The molecule has 1 aliphatic rings. The Bertz CT molecular complexity index is 531. The van der Waals surface area contributed by atoms with E-state index in [1.165, 1.54) is 43.4 Å². The van der Waals surface area contributed by atoms with Crippen LogP contribution in [0.4, 0.5) is 5.00 Å². The standard InChI is InChI=1S/C16H24N2O2S/c1-10-11(2)21-16(14(10)15(17)20)18-13(19)9-8-12-6-4-3-5-7-12/h12H,3-9H2,1-2H3,(H2,17,20)(H,18,19). The van der Waals surface area contributed by atoms with Crippen molar-refractivity contribution in [3.8, 4) is 0 Å². The van der Waals surface area contributed by atoms with Crippen molar-refractivity contribution >= 4 is 28.2 Å². The number of primary amides is 1. The van der Waals surface area contributed by atoms with Crippen LogP contribution in [-0.2, 0) is 4.79 Å². The molecule has 1 aromatic rings. The summed E-state index contributed by atoms with van der Waals surface area (Å²) in [5, 5.41) is 3.47. The first-order valence-corrected chi connectivity index (χ1v) is 8.50. The molecule has 4 nitrogen and oxygen atoms in total. The molecule has 1 aromatic heterocycles. The normalized spacial score (nSPS) is 15.9. The van der Waals surface area contributed by atoms with Crippen LogP contribution < -0.4 is 11.1 Å². The highest BCUT2D eigenvalue weighted by Crippen LogP contribution is 2.32. The zero-order valence-corrected chi connectivity index (χ0v) is 13.6. The molecule has 1 aliphatic carbocycles. The van der Waals surface area contributed by atoms with Crippen LogP contribution in [0, 0.1) is 19.8 Å². The van der Waals surface area contributed by atoms with E-state index in [1.54, 1.807) is 0 Å². The summed E-state index contributed by atoms with van der Waals surface area (Å²) in [5.74, 6) is 0.204. The van der Waals surface area contributed by atoms with Crippen LogP contribution in [0.3, 0.4) is 0 Å². The van der Waals surface area contributed by atoms with Crippen molar-refractivity contribution in [2.75, 3.05) is 5.32 Å². The number of anilines is 1. The topological polar surface area (TPSA) is 72.2 Å². The van der Waals surface area contributed by atoms with E-state index >= 15 is 0 Å². The van der Waals surface area contributed by atoms with Gasteiger partial charge in [-0.2, -0.15) is 0 Å². The van der Waals surface area contributed by atoms with Gasteiger partial charge in [0.05, 0.1) is 5.56 Å². The zero-order valence-electron chi connectivity index (χ0n) is 12.8. The van der Waals surface area contributed by atoms with Crippen LogP contribution in [0.25, 0.3) is 0 Å². The molecule has 1 heterocycles. The van der Waals surface area contributed by atoms with Gasteiger partial charge in [-0.25, -0.2) is 0 Å². The van der Waals surface area contributed by atoms with Crippen molar-refractivity contribution in [1.29, 1.82) is 0 Å². The highest BCUT2D eigenvalue weighted by atomic mass is 32.1. The lowest BCUT2D eigenvalue weighted by atomic mass is 9.86. The van der Waals surface area contributed by atoms with Crippen LogP contribution in [0.2, 0.25) is 0 Å². The predicted molar refractivity (Wildman–Crippen MR) is 86.7 cm³/mol. The second-order valence-electron chi connectivity index (χ2n) is 5.94. The molecule has 0 unspecified atom stereocenters. The van der Waals surface area contributed by atoms with E-state index in [1.807, 2.05) is 13.8 Å². The fourth-order valence-electron chi connectivity index (χ4n) is 3.01. The second kappa shape index (κ2) is 7.07. The van der Waals surface area contributed by atoms with Gasteiger partial charge in [-0.15, -0.1) is 11.3 Å². The van der Waals surface area contributed by atoms with Crippen LogP contribution in [-0.4, -0.2) is 11.8 Å². The maximum Gasteiger partial charge on any atom is 0.251 e. The van der Waals surface area contributed by atoms with E-state index < -0.39 is 5.91 Å². The molecule has 0 atom stereocenters. The van der Waals surface area contributed by atoms with E-state index in [-0.39, 0.29) is 5.91 Å². The molecule has 0 radical (unpaired) electrons. The minimum Gasteiger partial charge on any atom is -0.365 e. The van der Waals surface area contributed by atoms with Crippen LogP contribution in [0.5, 0.6) is 0 Å². The molecule has 0 aromatic carbocycles. The summed E-state index contributed by atoms with van der Waals surface area (Å²) in [7, 11) is 0. The number of carbonyl (C=O) groups is 2. The Morgan fingerprint density at radius 1 is 1.24 bits per heavy atom. The summed E-state index contributed by atoms with van der Waals surface area (Å²) >= 11 is 1.43. The molecular formula is C16H24N2O2S. The zero-order chi connectivity index (χ0) is 15.4. The van der Waals surface area contributed by atoms with Gasteiger partial charge in [-0.3, -0.25) is 9.59 Å². The van der Waals surface area contributed by atoms with Gasteiger partial charge in [0.1, 0.15) is 5.00 Å². The fourth-order valence-corrected chi connectivity index (χ4v) is 4.09. The van der Waals surface area contributed by atoms with Gasteiger partial charge >= 0.3 is 0 Å². The van der Waals surface area contributed by atoms with Crippen molar-refractivity contribution in [3.05, 3.63) is 16.0 Å². The minimum atomic E-state index is -0.473. The highest BCUT2D eigenvalue weighted by molar-refractivity contribution is 7.16. The Morgan fingerprint density at radius 3 is 2.52 bits per heavy atom. The monoisotopic (exact) mass is 308 g/mol. The number of thiophene rings is 1. The molecule has 2 rings (SSSR count). The molecule has 116 valence electrons. The first kappa shape index (κ1) is 16.0. The predicted octanol–water partition coefficient (Wildman–Crippen LogP) is 3.76. The van der Waals surface area contributed by atoms with E-state index in [4.69, 9.17) is 5.73 Å². The summed E-state index contributed by atoms with van der Waals surface area (Å²) < 4.78 is 0. The third kappa shape index (κ3) is 4.06. The molecule has 0 saturated heterocycles. The second-order valence-corrected chi connectivity index (χ2v) is 7.17. The number of nitrogens with two attached hydrogens (primary N) is 1. The van der Waals surface area contributed by atoms with E-state index in [0.717, 1.165) is 16.9 Å². The molecule has 2 amide bonds. The maximum absolute atomic E-state index is 12.1. The lowest BCUT2D eigenvalue weighted by Gasteiger charge is -2.20. The Kier molecular flexibility index (Phi) is 5.39. The average Bonchev–Trinajstić information content (AvgIpc) is 2.72. The molecule has 3 N–H and O–H groups in total. The van der Waals surface area contributed by atoms with Crippen molar-refractivity contribution in [2.45, 2.75) is 58.8 Å². The first-order chi connectivity index (χ1) is 9.99. The smallest absolute Gasteiger partial charge is 0.251 e. The Hall–Kier alpha value is -1.36. The lowest BCUT2D eigenvalue weighted by Crippen LogP contribution is -2.18. The molecule has 0 aliphatic heterocycles. The molecular weight excluding hydrogens is 284 g/mol. The lowest BCUT2D eigenvalue weighted by molar-refractivity contribution is -0.116. The average molecular weight is 308 g/mol. The molecule has 0 bridgehead atoms. The third-order valence-electron chi connectivity index (χ3n) is 4.39. The van der Waals surface area contributed by atoms with Gasteiger partial charge in [0.2, 0.25) is 5.91 Å². The van der Waals surface area contributed by atoms with Gasteiger partial charge < -0.3 is 11.1 Å². The van der Waals surface area contributed by atoms with E-state index in [9.17, 15) is 9.59 Å². The summed E-state index contributed by atoms with van der Waals surface area (Å²) in [5.41, 5.74) is 6.74. The van der Waals surface area contributed by atoms with E-state index in [0.29, 0.717) is 22.9 Å². The van der Waals surface area contributed by atoms with Gasteiger partial charge in [0, 0.05) is 11.3 Å². The third-order valence-corrected chi connectivity index (χ3v) is 5.51. The van der Waals surface area contributed by atoms with Crippen LogP contribution in [0.1, 0.15) is 65.7 Å². The number of amides is 2. The van der Waals surface area contributed by atoms with Gasteiger partial charge in [0.25, 0.3) is 5.91 Å². The summed E-state index contributed by atoms with van der Waals surface area (Å²) in [6.07, 6.45) is 7.88. The van der Waals surface area contributed by atoms with Crippen molar-refractivity contribution in [2.24, 2.45) is 11.7 Å². The molecule has 21 heavy (non-hydrogen) atoms. The SMILES string of the molecule is Cc1sc(NC(=O)CCC2CCCCC2)c(C(N)=O)c1C. The first-order valence-electron chi connectivity index (χ1n) is 7.68. The Labute approximate surface area is 130 Å². The van der Waals surface area contributed by atoms with Gasteiger partial charge in [0.15, 0.2) is 0 Å². The van der Waals surface area contributed by atoms with E-state index in [2.05, 4.69) is 5.32 Å². The number of hydrogen-bond acceptors (Lipinski definition) is 3. The molecule has 1 saturated carbocycles. The number of aryl methyl sites for hydroxylation is 1. The van der Waals surface area contributed by atoms with Crippen LogP contribution >= 0.6 is 11.3 Å². The Balaban J connectivity index is 1.93. The maximum atomic E-state index is 12.1. The fraction of sp³-hybridized carbons (Fsp3) is 0.625. The van der Waals surface area contributed by atoms with Crippen molar-refractivity contribution in [3.63, 3.8) is 0 Å². The van der Waals surface area contributed by atoms with Gasteiger partial charge in [-0.05, 0) is 31.7 Å².